The highest BCUT2D eigenvalue weighted by atomic mass is 16.6. The Morgan fingerprint density at radius 1 is 0.542 bits per heavy atom. The Balaban J connectivity index is 1.73. The summed E-state index contributed by atoms with van der Waals surface area (Å²) in [5.41, 5.74) is -5.05. The molecule has 0 amide bonds. The summed E-state index contributed by atoms with van der Waals surface area (Å²) < 4.78 is 22.9. The topological polar surface area (TPSA) is 159 Å². The van der Waals surface area contributed by atoms with Crippen LogP contribution in [0.5, 0.6) is 0 Å². The van der Waals surface area contributed by atoms with Crippen LogP contribution in [0, 0.1) is 17.8 Å². The van der Waals surface area contributed by atoms with Crippen LogP contribution >= 0.6 is 0 Å². The van der Waals surface area contributed by atoms with E-state index in [-0.39, 0.29) is 37.6 Å². The molecule has 0 aliphatic carbocycles. The standard InChI is InChI=1S/C35H63N3O10/c1-29(2)14-23(32(7,8)36(29)42)20-46-26(39)17-35(45-13,18-27(40)47-21-24-15-30(3,4)37(43)33(24,9)10)19-28(41)48-22-25-16-31(5,6)38(44)34(25,11)12/h23-25,42-44H,14-22H2,1-13H3. The average molecular weight is 686 g/mol. The molecule has 3 rings (SSSR count). The van der Waals surface area contributed by atoms with Gasteiger partial charge in [0.15, 0.2) is 0 Å². The van der Waals surface area contributed by atoms with Gasteiger partial charge in [-0.3, -0.25) is 14.4 Å². The summed E-state index contributed by atoms with van der Waals surface area (Å²) in [4.78, 5) is 40.1. The number of carbonyl (C=O) groups excluding carboxylic acids is 3. The van der Waals surface area contributed by atoms with Gasteiger partial charge in [0.25, 0.3) is 0 Å². The maximum absolute atomic E-state index is 13.4. The zero-order valence-electron chi connectivity index (χ0n) is 31.6. The molecule has 0 aromatic rings. The van der Waals surface area contributed by atoms with Gasteiger partial charge in [0.2, 0.25) is 0 Å². The van der Waals surface area contributed by atoms with E-state index in [1.165, 1.54) is 22.3 Å². The molecule has 0 radical (unpaired) electrons. The van der Waals surface area contributed by atoms with E-state index in [9.17, 15) is 30.0 Å². The number of nitrogens with zero attached hydrogens (tertiary/aromatic N) is 3. The third-order valence-electron chi connectivity index (χ3n) is 11.8. The monoisotopic (exact) mass is 685 g/mol. The SMILES string of the molecule is COC(CC(=O)OCC1CC(C)(C)N(O)C1(C)C)(CC(=O)OCC1CC(C)(C)N(O)C1(C)C)CC(=O)OCC1CC(C)(C)N(O)C1(C)C. The molecule has 0 spiro atoms. The molecular weight excluding hydrogens is 622 g/mol. The number of rotatable bonds is 13. The van der Waals surface area contributed by atoms with Gasteiger partial charge in [-0.1, -0.05) is 0 Å². The summed E-state index contributed by atoms with van der Waals surface area (Å²) in [6.45, 7) is 22.9. The first-order valence-corrected chi connectivity index (χ1v) is 17.1. The molecule has 278 valence electrons. The molecule has 13 nitrogen and oxygen atoms in total. The number of esters is 3. The van der Waals surface area contributed by atoms with Crippen molar-refractivity contribution >= 4 is 17.9 Å². The molecule has 0 bridgehead atoms. The van der Waals surface area contributed by atoms with Crippen molar-refractivity contribution < 1.29 is 49.0 Å². The molecule has 3 fully saturated rings. The summed E-state index contributed by atoms with van der Waals surface area (Å²) in [6.07, 6.45) is 0.550. The van der Waals surface area contributed by atoms with Crippen molar-refractivity contribution in [3.05, 3.63) is 0 Å². The molecule has 13 heteroatoms. The van der Waals surface area contributed by atoms with E-state index in [4.69, 9.17) is 18.9 Å². The quantitative estimate of drug-likeness (QED) is 0.176. The number of carbonyl (C=O) groups is 3. The van der Waals surface area contributed by atoms with Crippen LogP contribution in [0.2, 0.25) is 0 Å². The first-order valence-electron chi connectivity index (χ1n) is 17.1. The molecule has 3 aliphatic heterocycles. The lowest BCUT2D eigenvalue weighted by molar-refractivity contribution is -0.199. The highest BCUT2D eigenvalue weighted by molar-refractivity contribution is 5.79. The van der Waals surface area contributed by atoms with Crippen LogP contribution < -0.4 is 0 Å². The van der Waals surface area contributed by atoms with Crippen LogP contribution in [-0.4, -0.2) is 114 Å². The Morgan fingerprint density at radius 3 is 0.938 bits per heavy atom. The number of hydrogen-bond acceptors (Lipinski definition) is 13. The first kappa shape index (κ1) is 40.6. The molecule has 48 heavy (non-hydrogen) atoms. The molecule has 3 atom stereocenters. The van der Waals surface area contributed by atoms with Crippen LogP contribution in [0.3, 0.4) is 0 Å². The second-order valence-corrected chi connectivity index (χ2v) is 18.0. The smallest absolute Gasteiger partial charge is 0.308 e. The molecule has 3 unspecified atom stereocenters. The molecule has 3 saturated heterocycles. The summed E-state index contributed by atoms with van der Waals surface area (Å²) in [7, 11) is 1.33. The fourth-order valence-electron chi connectivity index (χ4n) is 8.39. The molecule has 3 aliphatic rings. The van der Waals surface area contributed by atoms with Gasteiger partial charge in [-0.25, -0.2) is 0 Å². The van der Waals surface area contributed by atoms with E-state index >= 15 is 0 Å². The number of hydrogen-bond donors (Lipinski definition) is 3. The fourth-order valence-corrected chi connectivity index (χ4v) is 8.39. The Hall–Kier alpha value is -1.87. The van der Waals surface area contributed by atoms with E-state index in [1.807, 2.05) is 83.1 Å². The van der Waals surface area contributed by atoms with Crippen molar-refractivity contribution in [2.24, 2.45) is 17.8 Å². The zero-order valence-corrected chi connectivity index (χ0v) is 31.6. The Bertz CT molecular complexity index is 1060. The Labute approximate surface area is 287 Å². The van der Waals surface area contributed by atoms with Crippen LogP contribution in [-0.2, 0) is 33.3 Å². The highest BCUT2D eigenvalue weighted by Gasteiger charge is 2.54. The van der Waals surface area contributed by atoms with Gasteiger partial charge in [0.05, 0.1) is 44.7 Å². The number of methoxy groups -OCH3 is 1. The van der Waals surface area contributed by atoms with E-state index in [0.29, 0.717) is 19.3 Å². The van der Waals surface area contributed by atoms with E-state index in [2.05, 4.69) is 0 Å². The van der Waals surface area contributed by atoms with Gasteiger partial charge >= 0.3 is 17.9 Å². The van der Waals surface area contributed by atoms with Crippen LogP contribution in [0.15, 0.2) is 0 Å². The first-order chi connectivity index (χ1) is 21.6. The molecule has 3 N–H and O–H groups in total. The zero-order chi connectivity index (χ0) is 36.9. The Morgan fingerprint density at radius 2 is 0.771 bits per heavy atom. The molecular formula is C35H63N3O10. The largest absolute Gasteiger partial charge is 0.465 e. The highest BCUT2D eigenvalue weighted by Crippen LogP contribution is 2.46. The predicted molar refractivity (Wildman–Crippen MR) is 176 cm³/mol. The minimum absolute atomic E-state index is 0.0371. The van der Waals surface area contributed by atoms with E-state index in [0.717, 1.165) is 0 Å². The number of ether oxygens (including phenoxy) is 4. The molecule has 0 saturated carbocycles. The predicted octanol–water partition coefficient (Wildman–Crippen LogP) is 4.98. The van der Waals surface area contributed by atoms with Gasteiger partial charge in [0, 0.05) is 58.1 Å². The van der Waals surface area contributed by atoms with Crippen molar-refractivity contribution in [2.45, 2.75) is 160 Å². The lowest BCUT2D eigenvalue weighted by Gasteiger charge is -2.36. The third kappa shape index (κ3) is 8.19. The minimum atomic E-state index is -1.61. The van der Waals surface area contributed by atoms with Crippen molar-refractivity contribution in [1.29, 1.82) is 0 Å². The summed E-state index contributed by atoms with van der Waals surface area (Å²) in [6, 6.07) is 0. The average Bonchev–Trinajstić information content (AvgIpc) is 3.31. The Kier molecular flexibility index (Phi) is 11.6. The van der Waals surface area contributed by atoms with Crippen molar-refractivity contribution in [1.82, 2.24) is 15.2 Å². The van der Waals surface area contributed by atoms with Gasteiger partial charge in [-0.2, -0.15) is 15.2 Å². The summed E-state index contributed by atoms with van der Waals surface area (Å²) >= 11 is 0. The van der Waals surface area contributed by atoms with E-state index < -0.39 is 76.0 Å². The lowest BCUT2D eigenvalue weighted by atomic mass is 9.87. The van der Waals surface area contributed by atoms with Crippen LogP contribution in [0.25, 0.3) is 0 Å². The van der Waals surface area contributed by atoms with Gasteiger partial charge in [-0.15, -0.1) is 0 Å². The van der Waals surface area contributed by atoms with Crippen LogP contribution in [0.4, 0.5) is 0 Å². The lowest BCUT2D eigenvalue weighted by Crippen LogP contribution is -2.48. The minimum Gasteiger partial charge on any atom is -0.465 e. The molecule has 0 aromatic carbocycles. The molecule has 0 aromatic heterocycles. The van der Waals surface area contributed by atoms with Gasteiger partial charge in [0.1, 0.15) is 0 Å². The second-order valence-electron chi connectivity index (χ2n) is 18.0. The normalized spacial score (nSPS) is 30.1. The molecule has 3 heterocycles. The third-order valence-corrected chi connectivity index (χ3v) is 11.8. The van der Waals surface area contributed by atoms with Crippen molar-refractivity contribution in [3.8, 4) is 0 Å². The van der Waals surface area contributed by atoms with Crippen molar-refractivity contribution in [2.75, 3.05) is 26.9 Å². The van der Waals surface area contributed by atoms with E-state index in [1.54, 1.807) is 0 Å². The maximum Gasteiger partial charge on any atom is 0.308 e. The second kappa shape index (κ2) is 13.7. The fraction of sp³-hybridized carbons (Fsp3) is 0.914. The van der Waals surface area contributed by atoms with Gasteiger partial charge in [-0.05, 0) is 102 Å². The summed E-state index contributed by atoms with van der Waals surface area (Å²) in [5.74, 6) is -2.47. The van der Waals surface area contributed by atoms with Gasteiger partial charge < -0.3 is 34.6 Å². The number of hydroxylamine groups is 6. The van der Waals surface area contributed by atoms with Crippen LogP contribution in [0.1, 0.15) is 122 Å². The maximum atomic E-state index is 13.4. The van der Waals surface area contributed by atoms with Crippen molar-refractivity contribution in [3.63, 3.8) is 0 Å². The summed E-state index contributed by atoms with van der Waals surface area (Å²) in [5, 5.41) is 36.0.